The quantitative estimate of drug-likeness (QED) is 0.0486. The minimum atomic E-state index is -0.414. The van der Waals surface area contributed by atoms with Crippen molar-refractivity contribution in [2.24, 2.45) is 23.0 Å². The molecule has 0 amide bonds. The summed E-state index contributed by atoms with van der Waals surface area (Å²) >= 11 is 0. The maximum atomic E-state index is 10.6. The van der Waals surface area contributed by atoms with Gasteiger partial charge in [0.1, 0.15) is 0 Å². The Labute approximate surface area is 345 Å². The van der Waals surface area contributed by atoms with E-state index in [1.807, 2.05) is 7.05 Å². The monoisotopic (exact) mass is 767 g/mol. The Balaban J connectivity index is 0.00000117. The fourth-order valence-corrected chi connectivity index (χ4v) is 8.89. The fraction of sp³-hybridized carbons (Fsp3) is 0.846. The molecule has 0 aromatic heterocycles. The van der Waals surface area contributed by atoms with Crippen molar-refractivity contribution in [2.75, 3.05) is 7.05 Å². The van der Waals surface area contributed by atoms with E-state index < -0.39 is 5.60 Å². The Morgan fingerprint density at radius 1 is 0.527 bits per heavy atom. The molecule has 0 aromatic rings. The molecule has 0 aromatic carbocycles. The van der Waals surface area contributed by atoms with E-state index in [0.717, 1.165) is 37.5 Å². The zero-order valence-electron chi connectivity index (χ0n) is 38.1. The van der Waals surface area contributed by atoms with E-state index in [1.54, 1.807) is 0 Å². The topological polar surface area (TPSA) is 58.3 Å². The second-order valence-electron chi connectivity index (χ2n) is 18.7. The molecule has 0 heterocycles. The lowest BCUT2D eigenvalue weighted by molar-refractivity contribution is -0.0262. The summed E-state index contributed by atoms with van der Waals surface area (Å²) in [5, 5.41) is 13.9. The molecule has 4 atom stereocenters. The van der Waals surface area contributed by atoms with Gasteiger partial charge >= 0.3 is 0 Å². The molecule has 322 valence electrons. The van der Waals surface area contributed by atoms with Gasteiger partial charge in [-0.2, -0.15) is 0 Å². The summed E-state index contributed by atoms with van der Waals surface area (Å²) in [4.78, 5) is 0. The zero-order valence-corrected chi connectivity index (χ0v) is 38.1. The van der Waals surface area contributed by atoms with Crippen LogP contribution in [0.25, 0.3) is 0 Å². The lowest BCUT2D eigenvalue weighted by Gasteiger charge is -2.43. The van der Waals surface area contributed by atoms with Crippen molar-refractivity contribution in [3.05, 3.63) is 48.6 Å². The molecule has 3 nitrogen and oxygen atoms in total. The first-order valence-electron chi connectivity index (χ1n) is 24.4. The second kappa shape index (κ2) is 34.8. The lowest BCUT2D eigenvalue weighted by Crippen LogP contribution is -2.49. The number of allylic oxidation sites excluding steroid dienone is 8. The number of nitrogens with two attached hydrogens (primary N) is 1. The summed E-state index contributed by atoms with van der Waals surface area (Å²) in [6, 6.07) is 0.910. The van der Waals surface area contributed by atoms with E-state index in [2.05, 4.69) is 88.5 Å². The Kier molecular flexibility index (Phi) is 32.9. The molecule has 3 unspecified atom stereocenters. The summed E-state index contributed by atoms with van der Waals surface area (Å²) in [7, 11) is 2.01. The van der Waals surface area contributed by atoms with Crippen LogP contribution >= 0.6 is 0 Å². The van der Waals surface area contributed by atoms with Crippen LogP contribution in [0, 0.1) is 17.3 Å². The molecule has 4 N–H and O–H groups in total. The van der Waals surface area contributed by atoms with Gasteiger partial charge in [0.2, 0.25) is 0 Å². The van der Waals surface area contributed by atoms with Crippen molar-refractivity contribution >= 4 is 0 Å². The Hall–Kier alpha value is -1.16. The standard InChI is InChI=1S/C43H78O.C9H20N2/c1-4-6-8-10-12-14-16-18-20-22-24-26-28-30-32-34-36-43(40-38-42(3,44)39-41-43)37-35-33-31-29-27-25-23-21-19-17-15-13-11-9-7-5-2;1-6-4-8(10)9(11-3)5-7(6)2/h12-15,18-21,44H,4-11,16-17,22-41H2,1-3H3;6-9,11H,4-5,10H2,1-3H3/b14-12-,15-13-,20-18-,21-19-;/t;6?,7-,8?,9?/m.0/s1. The van der Waals surface area contributed by atoms with Crippen molar-refractivity contribution in [1.29, 1.82) is 0 Å². The summed E-state index contributed by atoms with van der Waals surface area (Å²) in [6.45, 7) is 11.2. The molecular weight excluding hydrogens is 669 g/mol. The molecule has 0 aliphatic heterocycles. The Morgan fingerprint density at radius 3 is 1.29 bits per heavy atom. The molecule has 0 radical (unpaired) electrons. The summed E-state index contributed by atoms with van der Waals surface area (Å²) in [6.07, 6.45) is 60.6. The van der Waals surface area contributed by atoms with Gasteiger partial charge in [0.05, 0.1) is 5.60 Å². The number of likely N-dealkylation sites (N-methyl/N-ethyl adjacent to an activating group) is 1. The van der Waals surface area contributed by atoms with E-state index >= 15 is 0 Å². The maximum absolute atomic E-state index is 10.6. The average Bonchev–Trinajstić information content (AvgIpc) is 3.17. The van der Waals surface area contributed by atoms with Crippen LogP contribution in [0.2, 0.25) is 0 Å². The van der Waals surface area contributed by atoms with Crippen LogP contribution in [-0.2, 0) is 0 Å². The fourth-order valence-electron chi connectivity index (χ4n) is 8.89. The number of hydrogen-bond donors (Lipinski definition) is 3. The Bertz CT molecular complexity index is 903. The maximum Gasteiger partial charge on any atom is 0.0620 e. The molecule has 2 saturated carbocycles. The first-order valence-corrected chi connectivity index (χ1v) is 24.4. The van der Waals surface area contributed by atoms with E-state index in [4.69, 9.17) is 5.73 Å². The molecule has 0 spiro atoms. The van der Waals surface area contributed by atoms with Gasteiger partial charge in [-0.15, -0.1) is 0 Å². The van der Waals surface area contributed by atoms with Gasteiger partial charge in [0, 0.05) is 12.1 Å². The van der Waals surface area contributed by atoms with E-state index in [-0.39, 0.29) is 0 Å². The SMILES string of the molecule is CCCCC/C=C\C/C=C\CCCCCCCCC1(CCCCCCCC/C=C\C/C=C\CCCCC)CCC(C)(O)CC1.CNC1C[C@H](C)C(C)CC1N. The number of unbranched alkanes of at least 4 members (excludes halogenated alkanes) is 18. The second-order valence-corrected chi connectivity index (χ2v) is 18.7. The van der Waals surface area contributed by atoms with Crippen LogP contribution < -0.4 is 11.1 Å². The van der Waals surface area contributed by atoms with Gasteiger partial charge in [-0.25, -0.2) is 0 Å². The van der Waals surface area contributed by atoms with Crippen LogP contribution in [-0.4, -0.2) is 29.8 Å². The number of hydrogen-bond acceptors (Lipinski definition) is 3. The molecular formula is C52H98N2O. The highest BCUT2D eigenvalue weighted by Gasteiger charge is 2.38. The van der Waals surface area contributed by atoms with Crippen molar-refractivity contribution in [3.8, 4) is 0 Å². The summed E-state index contributed by atoms with van der Waals surface area (Å²) in [5.41, 5.74) is 6.09. The molecule has 2 fully saturated rings. The highest BCUT2D eigenvalue weighted by Crippen LogP contribution is 2.47. The zero-order chi connectivity index (χ0) is 40.3. The molecule has 2 aliphatic rings. The van der Waals surface area contributed by atoms with Crippen molar-refractivity contribution < 1.29 is 5.11 Å². The van der Waals surface area contributed by atoms with Crippen molar-refractivity contribution in [3.63, 3.8) is 0 Å². The highest BCUT2D eigenvalue weighted by molar-refractivity contribution is 4.94. The lowest BCUT2D eigenvalue weighted by atomic mass is 9.64. The normalized spacial score (nSPS) is 22.6. The van der Waals surface area contributed by atoms with E-state index in [9.17, 15) is 5.11 Å². The van der Waals surface area contributed by atoms with Crippen molar-refractivity contribution in [1.82, 2.24) is 5.32 Å². The van der Waals surface area contributed by atoms with Gasteiger partial charge in [-0.3, -0.25) is 0 Å². The molecule has 2 rings (SSSR count). The third-order valence-electron chi connectivity index (χ3n) is 13.3. The van der Waals surface area contributed by atoms with Gasteiger partial charge in [0.15, 0.2) is 0 Å². The Morgan fingerprint density at radius 2 is 0.891 bits per heavy atom. The number of nitrogens with one attached hydrogen (secondary N) is 1. The average molecular weight is 767 g/mol. The van der Waals surface area contributed by atoms with Crippen LogP contribution in [0.1, 0.15) is 240 Å². The minimum absolute atomic E-state index is 0.367. The van der Waals surface area contributed by atoms with E-state index in [1.165, 1.54) is 180 Å². The molecule has 2 aliphatic carbocycles. The molecule has 3 heteroatoms. The predicted molar refractivity (Wildman–Crippen MR) is 248 cm³/mol. The highest BCUT2D eigenvalue weighted by atomic mass is 16.3. The third-order valence-corrected chi connectivity index (χ3v) is 13.3. The first-order chi connectivity index (χ1) is 26.7. The molecule has 0 saturated heterocycles. The predicted octanol–water partition coefficient (Wildman–Crippen LogP) is 15.7. The van der Waals surface area contributed by atoms with Crippen molar-refractivity contribution in [2.45, 2.75) is 258 Å². The van der Waals surface area contributed by atoms with Gasteiger partial charge in [0.25, 0.3) is 0 Å². The molecule has 0 bridgehead atoms. The smallest absolute Gasteiger partial charge is 0.0620 e. The first kappa shape index (κ1) is 51.9. The largest absolute Gasteiger partial charge is 0.390 e. The minimum Gasteiger partial charge on any atom is -0.390 e. The van der Waals surface area contributed by atoms with E-state index in [0.29, 0.717) is 17.5 Å². The summed E-state index contributed by atoms with van der Waals surface area (Å²) < 4.78 is 0. The number of aliphatic hydroxyl groups is 1. The van der Waals surface area contributed by atoms with Gasteiger partial charge in [-0.05, 0) is 147 Å². The third kappa shape index (κ3) is 28.8. The van der Waals surface area contributed by atoms with Gasteiger partial charge in [-0.1, -0.05) is 166 Å². The van der Waals surface area contributed by atoms with Gasteiger partial charge < -0.3 is 16.2 Å². The number of rotatable bonds is 31. The summed E-state index contributed by atoms with van der Waals surface area (Å²) in [5.74, 6) is 1.63. The van der Waals surface area contributed by atoms with Crippen LogP contribution in [0.3, 0.4) is 0 Å². The van der Waals surface area contributed by atoms with Crippen LogP contribution in [0.5, 0.6) is 0 Å². The van der Waals surface area contributed by atoms with Crippen LogP contribution in [0.4, 0.5) is 0 Å². The molecule has 55 heavy (non-hydrogen) atoms. The van der Waals surface area contributed by atoms with Crippen LogP contribution in [0.15, 0.2) is 48.6 Å².